The summed E-state index contributed by atoms with van der Waals surface area (Å²) >= 11 is 0. The number of carbonyl (C=O) groups excluding carboxylic acids is 1. The molecule has 1 saturated heterocycles. The minimum Gasteiger partial charge on any atom is -0.449 e. The van der Waals surface area contributed by atoms with Crippen LogP contribution in [0, 0.1) is 18.7 Å². The topological polar surface area (TPSA) is 106 Å². The number of nitrogens with two attached hydrogens (primary N) is 1. The highest BCUT2D eigenvalue weighted by Crippen LogP contribution is 2.44. The molecule has 0 radical (unpaired) electrons. The number of pyridine rings is 1. The molecule has 1 aliphatic heterocycles. The van der Waals surface area contributed by atoms with Crippen LogP contribution < -0.4 is 16.2 Å². The third kappa shape index (κ3) is 3.34. The summed E-state index contributed by atoms with van der Waals surface area (Å²) < 4.78 is 22.9. The molecule has 3 aromatic rings. The summed E-state index contributed by atoms with van der Waals surface area (Å²) in [6, 6.07) is 3.39. The summed E-state index contributed by atoms with van der Waals surface area (Å²) in [4.78, 5) is 25.7. The Balaban J connectivity index is 1.69. The average molecular weight is 425 g/mol. The molecule has 0 bridgehead atoms. The van der Waals surface area contributed by atoms with Crippen LogP contribution in [0.3, 0.4) is 0 Å². The number of anilines is 1. The predicted octanol–water partition coefficient (Wildman–Crippen LogP) is 3.10. The number of hydrogen-bond acceptors (Lipinski definition) is 5. The molecule has 2 aromatic heterocycles. The lowest BCUT2D eigenvalue weighted by atomic mass is 9.96. The maximum atomic E-state index is 16.1. The van der Waals surface area contributed by atoms with E-state index in [-0.39, 0.29) is 29.9 Å². The Morgan fingerprint density at radius 1 is 1.35 bits per heavy atom. The molecule has 1 saturated carbocycles. The highest BCUT2D eigenvalue weighted by Gasteiger charge is 2.33. The zero-order valence-electron chi connectivity index (χ0n) is 17.2. The van der Waals surface area contributed by atoms with Gasteiger partial charge in [-0.2, -0.15) is 5.10 Å². The number of aromatic nitrogens is 3. The maximum Gasteiger partial charge on any atom is 0.404 e. The van der Waals surface area contributed by atoms with Gasteiger partial charge in [-0.1, -0.05) is 0 Å². The molecule has 9 heteroatoms. The molecule has 2 aliphatic rings. The fourth-order valence-electron chi connectivity index (χ4n) is 4.76. The second-order valence-electron chi connectivity index (χ2n) is 8.42. The van der Waals surface area contributed by atoms with Crippen LogP contribution >= 0.6 is 0 Å². The Morgan fingerprint density at radius 3 is 2.84 bits per heavy atom. The number of hydrogen-bond donors (Lipinski definition) is 2. The summed E-state index contributed by atoms with van der Waals surface area (Å²) in [7, 11) is 0. The van der Waals surface area contributed by atoms with E-state index in [2.05, 4.69) is 10.2 Å². The minimum atomic E-state index is -0.804. The van der Waals surface area contributed by atoms with Gasteiger partial charge in [0, 0.05) is 53.8 Å². The van der Waals surface area contributed by atoms with E-state index in [1.54, 1.807) is 18.5 Å². The van der Waals surface area contributed by atoms with E-state index in [0.717, 1.165) is 30.3 Å². The van der Waals surface area contributed by atoms with Gasteiger partial charge in [-0.05, 0) is 37.8 Å². The Kier molecular flexibility index (Phi) is 4.68. The van der Waals surface area contributed by atoms with Gasteiger partial charge in [0.2, 0.25) is 0 Å². The van der Waals surface area contributed by atoms with Gasteiger partial charge in [-0.15, -0.1) is 0 Å². The van der Waals surface area contributed by atoms with Crippen LogP contribution in [-0.4, -0.2) is 40.6 Å². The minimum absolute atomic E-state index is 0.0667. The van der Waals surface area contributed by atoms with E-state index >= 15 is 4.39 Å². The van der Waals surface area contributed by atoms with Crippen molar-refractivity contribution in [1.29, 1.82) is 0 Å². The predicted molar refractivity (Wildman–Crippen MR) is 115 cm³/mol. The molecule has 162 valence electrons. The summed E-state index contributed by atoms with van der Waals surface area (Å²) in [6.07, 6.45) is 5.11. The lowest BCUT2D eigenvalue weighted by Crippen LogP contribution is -2.26. The standard InChI is InChI=1S/C22H24FN5O3/c1-12-20-16(4-5-17(29)28(20)15-2-3-15)18(14-8-25-26-9-14)19(23)21(12)27-7-6-13(10-27)11-31-22(24)30/h4-5,8-9,13,15H,2-3,6-7,10-11H2,1H3,(H2,24,30)(H,25,26). The van der Waals surface area contributed by atoms with Crippen LogP contribution in [0.1, 0.15) is 30.9 Å². The van der Waals surface area contributed by atoms with Crippen molar-refractivity contribution in [1.82, 2.24) is 14.8 Å². The number of ether oxygens (including phenoxy) is 1. The second kappa shape index (κ2) is 7.40. The van der Waals surface area contributed by atoms with E-state index < -0.39 is 6.09 Å². The van der Waals surface area contributed by atoms with Gasteiger partial charge < -0.3 is 19.9 Å². The Hall–Kier alpha value is -3.36. The largest absolute Gasteiger partial charge is 0.449 e. The molecule has 0 spiro atoms. The number of fused-ring (bicyclic) bond motifs is 1. The Labute approximate surface area is 177 Å². The van der Waals surface area contributed by atoms with Crippen molar-refractivity contribution in [2.45, 2.75) is 32.2 Å². The fraction of sp³-hybridized carbons (Fsp3) is 0.409. The van der Waals surface area contributed by atoms with E-state index in [4.69, 9.17) is 10.5 Å². The van der Waals surface area contributed by atoms with Gasteiger partial charge in [0.1, 0.15) is 0 Å². The SMILES string of the molecule is Cc1c(N2CCC(COC(N)=O)C2)c(F)c(-c2cn[nH]c2)c2ccc(=O)n(C3CC3)c12. The summed E-state index contributed by atoms with van der Waals surface area (Å²) in [6.45, 7) is 3.26. The lowest BCUT2D eigenvalue weighted by molar-refractivity contribution is 0.140. The van der Waals surface area contributed by atoms with Crippen molar-refractivity contribution in [3.05, 3.63) is 46.3 Å². The fourth-order valence-corrected chi connectivity index (χ4v) is 4.76. The number of nitrogens with one attached hydrogen (secondary N) is 1. The highest BCUT2D eigenvalue weighted by atomic mass is 19.1. The molecule has 3 N–H and O–H groups in total. The molecular formula is C22H24FN5O3. The molecular weight excluding hydrogens is 401 g/mol. The van der Waals surface area contributed by atoms with Crippen molar-refractivity contribution >= 4 is 22.7 Å². The van der Waals surface area contributed by atoms with Crippen LogP contribution in [0.4, 0.5) is 14.9 Å². The number of amides is 1. The van der Waals surface area contributed by atoms with E-state index in [0.29, 0.717) is 35.3 Å². The van der Waals surface area contributed by atoms with E-state index in [9.17, 15) is 9.59 Å². The first-order valence-corrected chi connectivity index (χ1v) is 10.5. The van der Waals surface area contributed by atoms with E-state index in [1.807, 2.05) is 16.4 Å². The van der Waals surface area contributed by atoms with Gasteiger partial charge in [-0.25, -0.2) is 9.18 Å². The number of primary amides is 1. The zero-order valence-corrected chi connectivity index (χ0v) is 17.2. The monoisotopic (exact) mass is 425 g/mol. The first-order valence-electron chi connectivity index (χ1n) is 10.5. The zero-order chi connectivity index (χ0) is 21.7. The number of halogens is 1. The summed E-state index contributed by atoms with van der Waals surface area (Å²) in [5, 5.41) is 7.47. The number of nitrogens with zero attached hydrogens (tertiary/aromatic N) is 3. The van der Waals surface area contributed by atoms with Crippen LogP contribution in [0.15, 0.2) is 29.3 Å². The average Bonchev–Trinajstić information content (AvgIpc) is 3.22. The van der Waals surface area contributed by atoms with Crippen molar-refractivity contribution in [3.8, 4) is 11.1 Å². The van der Waals surface area contributed by atoms with Gasteiger partial charge in [0.25, 0.3) is 5.56 Å². The smallest absolute Gasteiger partial charge is 0.404 e. The highest BCUT2D eigenvalue weighted by molar-refractivity contribution is 6.00. The summed E-state index contributed by atoms with van der Waals surface area (Å²) in [5.41, 5.74) is 8.12. The van der Waals surface area contributed by atoms with Crippen molar-refractivity contribution in [3.63, 3.8) is 0 Å². The second-order valence-corrected chi connectivity index (χ2v) is 8.42. The third-order valence-electron chi connectivity index (χ3n) is 6.30. The van der Waals surface area contributed by atoms with Gasteiger partial charge in [-0.3, -0.25) is 9.89 Å². The summed E-state index contributed by atoms with van der Waals surface area (Å²) in [5.74, 6) is -0.260. The first-order chi connectivity index (χ1) is 15.0. The van der Waals surface area contributed by atoms with Gasteiger partial charge in [0.05, 0.1) is 24.0 Å². The number of benzene rings is 1. The van der Waals surface area contributed by atoms with Crippen LogP contribution in [-0.2, 0) is 4.74 Å². The van der Waals surface area contributed by atoms with Crippen LogP contribution in [0.25, 0.3) is 22.0 Å². The van der Waals surface area contributed by atoms with Gasteiger partial charge in [0.15, 0.2) is 5.82 Å². The van der Waals surface area contributed by atoms with E-state index in [1.165, 1.54) is 6.07 Å². The molecule has 5 rings (SSSR count). The molecule has 1 atom stereocenters. The molecule has 3 heterocycles. The Bertz CT molecular complexity index is 1220. The van der Waals surface area contributed by atoms with Crippen molar-refractivity contribution in [2.75, 3.05) is 24.6 Å². The number of aryl methyl sites for hydroxylation is 1. The van der Waals surface area contributed by atoms with Crippen molar-refractivity contribution in [2.24, 2.45) is 11.7 Å². The molecule has 2 fully saturated rings. The maximum absolute atomic E-state index is 16.1. The Morgan fingerprint density at radius 2 is 2.16 bits per heavy atom. The van der Waals surface area contributed by atoms with Crippen molar-refractivity contribution < 1.29 is 13.9 Å². The number of H-pyrrole nitrogens is 1. The molecule has 1 amide bonds. The first kappa shape index (κ1) is 19.6. The van der Waals surface area contributed by atoms with Crippen LogP contribution in [0.2, 0.25) is 0 Å². The van der Waals surface area contributed by atoms with Crippen LogP contribution in [0.5, 0.6) is 0 Å². The quantitative estimate of drug-likeness (QED) is 0.653. The molecule has 1 aliphatic carbocycles. The lowest BCUT2D eigenvalue weighted by Gasteiger charge is -2.26. The van der Waals surface area contributed by atoms with Gasteiger partial charge >= 0.3 is 6.09 Å². The molecule has 1 unspecified atom stereocenters. The molecule has 1 aromatic carbocycles. The number of aromatic amines is 1. The molecule has 8 nitrogen and oxygen atoms in total. The molecule has 31 heavy (non-hydrogen) atoms. The third-order valence-corrected chi connectivity index (χ3v) is 6.30. The normalized spacial score (nSPS) is 18.6. The number of carbonyl (C=O) groups is 1. The number of rotatable bonds is 5.